The van der Waals surface area contributed by atoms with Crippen LogP contribution in [0.25, 0.3) is 0 Å². The van der Waals surface area contributed by atoms with E-state index in [2.05, 4.69) is 10.3 Å². The second kappa shape index (κ2) is 6.48. The van der Waals surface area contributed by atoms with Crippen molar-refractivity contribution in [3.8, 4) is 5.75 Å². The van der Waals surface area contributed by atoms with Crippen LogP contribution < -0.4 is 10.1 Å². The molecule has 0 bridgehead atoms. The van der Waals surface area contributed by atoms with E-state index < -0.39 is 0 Å². The molecule has 1 unspecified atom stereocenters. The molecule has 1 aromatic heterocycles. The lowest BCUT2D eigenvalue weighted by Gasteiger charge is -2.21. The molecule has 0 saturated heterocycles. The number of pyridine rings is 1. The minimum atomic E-state index is -0.261. The van der Waals surface area contributed by atoms with Gasteiger partial charge in [-0.05, 0) is 31.5 Å². The highest BCUT2D eigenvalue weighted by Crippen LogP contribution is 2.24. The summed E-state index contributed by atoms with van der Waals surface area (Å²) in [5.41, 5.74) is 1.70. The minimum Gasteiger partial charge on any atom is -0.497 e. The number of hydrogen-bond donors (Lipinski definition) is 1. The fourth-order valence-corrected chi connectivity index (χ4v) is 2.18. The number of benzene rings is 1. The summed E-state index contributed by atoms with van der Waals surface area (Å²) in [5, 5.41) is 3.37. The largest absolute Gasteiger partial charge is 0.497 e. The number of halogens is 1. The second-order valence-corrected chi connectivity index (χ2v) is 4.78. The molecular formula is C16H19FN2O. The van der Waals surface area contributed by atoms with E-state index in [0.29, 0.717) is 11.3 Å². The van der Waals surface area contributed by atoms with Gasteiger partial charge in [0, 0.05) is 36.1 Å². The van der Waals surface area contributed by atoms with Gasteiger partial charge in [0.1, 0.15) is 11.6 Å². The number of ether oxygens (including phenoxy) is 1. The average molecular weight is 274 g/mol. The number of methoxy groups -OCH3 is 1. The Morgan fingerprint density at radius 1 is 1.20 bits per heavy atom. The molecule has 0 amide bonds. The Morgan fingerprint density at radius 2 is 2.00 bits per heavy atom. The highest BCUT2D eigenvalue weighted by Gasteiger charge is 2.15. The van der Waals surface area contributed by atoms with Crippen molar-refractivity contribution in [3.05, 3.63) is 59.7 Å². The summed E-state index contributed by atoms with van der Waals surface area (Å²) in [5.74, 6) is 0.265. The van der Waals surface area contributed by atoms with E-state index in [-0.39, 0.29) is 17.9 Å². The standard InChI is InChI=1S/C16H19FN2O/c1-11(13-5-4-8-18-10-13)19-12(2)15-7-6-14(20-3)9-16(15)17/h4-12,19H,1-3H3/t11-,12?/m0/s1. The molecular weight excluding hydrogens is 255 g/mol. The number of rotatable bonds is 5. The van der Waals surface area contributed by atoms with Crippen molar-refractivity contribution in [1.82, 2.24) is 10.3 Å². The van der Waals surface area contributed by atoms with Crippen LogP contribution in [0.15, 0.2) is 42.7 Å². The van der Waals surface area contributed by atoms with Gasteiger partial charge in [0.25, 0.3) is 0 Å². The molecule has 0 spiro atoms. The monoisotopic (exact) mass is 274 g/mol. The Bertz CT molecular complexity index is 560. The van der Waals surface area contributed by atoms with Crippen molar-refractivity contribution in [2.24, 2.45) is 0 Å². The molecule has 1 aromatic carbocycles. The van der Waals surface area contributed by atoms with E-state index in [1.165, 1.54) is 13.2 Å². The van der Waals surface area contributed by atoms with Crippen molar-refractivity contribution in [2.45, 2.75) is 25.9 Å². The zero-order valence-corrected chi connectivity index (χ0v) is 11.9. The molecule has 2 rings (SSSR count). The molecule has 0 aliphatic heterocycles. The third kappa shape index (κ3) is 3.33. The van der Waals surface area contributed by atoms with Gasteiger partial charge >= 0.3 is 0 Å². The quantitative estimate of drug-likeness (QED) is 0.903. The Balaban J connectivity index is 2.10. The number of nitrogens with zero attached hydrogens (tertiary/aromatic N) is 1. The Hall–Kier alpha value is -1.94. The highest BCUT2D eigenvalue weighted by atomic mass is 19.1. The van der Waals surface area contributed by atoms with Gasteiger partial charge in [0.2, 0.25) is 0 Å². The van der Waals surface area contributed by atoms with Gasteiger partial charge in [-0.25, -0.2) is 4.39 Å². The zero-order valence-electron chi connectivity index (χ0n) is 11.9. The van der Waals surface area contributed by atoms with Crippen LogP contribution in [0.3, 0.4) is 0 Å². The molecule has 1 N–H and O–H groups in total. The first kappa shape index (κ1) is 14.5. The zero-order chi connectivity index (χ0) is 14.5. The van der Waals surface area contributed by atoms with Crippen LogP contribution >= 0.6 is 0 Å². The summed E-state index contributed by atoms with van der Waals surface area (Å²) < 4.78 is 19.0. The van der Waals surface area contributed by atoms with Crippen molar-refractivity contribution >= 4 is 0 Å². The Labute approximate surface area is 118 Å². The molecule has 1 heterocycles. The van der Waals surface area contributed by atoms with Crippen LogP contribution in [0.2, 0.25) is 0 Å². The summed E-state index contributed by atoms with van der Waals surface area (Å²) in [6.45, 7) is 3.98. The van der Waals surface area contributed by atoms with Gasteiger partial charge < -0.3 is 10.1 Å². The summed E-state index contributed by atoms with van der Waals surface area (Å²) in [4.78, 5) is 4.10. The predicted octanol–water partition coefficient (Wildman–Crippen LogP) is 3.64. The van der Waals surface area contributed by atoms with Crippen molar-refractivity contribution in [1.29, 1.82) is 0 Å². The third-order valence-corrected chi connectivity index (χ3v) is 3.36. The summed E-state index contributed by atoms with van der Waals surface area (Å²) in [7, 11) is 1.53. The molecule has 0 aliphatic carbocycles. The highest BCUT2D eigenvalue weighted by molar-refractivity contribution is 5.30. The molecule has 20 heavy (non-hydrogen) atoms. The molecule has 0 radical (unpaired) electrons. The first-order chi connectivity index (χ1) is 9.61. The van der Waals surface area contributed by atoms with Gasteiger partial charge in [-0.3, -0.25) is 4.98 Å². The lowest BCUT2D eigenvalue weighted by Crippen LogP contribution is -2.23. The van der Waals surface area contributed by atoms with E-state index in [1.807, 2.05) is 32.2 Å². The minimum absolute atomic E-state index is 0.0974. The van der Waals surface area contributed by atoms with Crippen molar-refractivity contribution in [3.63, 3.8) is 0 Å². The summed E-state index contributed by atoms with van der Waals surface area (Å²) >= 11 is 0. The van der Waals surface area contributed by atoms with E-state index in [1.54, 1.807) is 18.3 Å². The molecule has 106 valence electrons. The van der Waals surface area contributed by atoms with Crippen LogP contribution in [0, 0.1) is 5.82 Å². The van der Waals surface area contributed by atoms with E-state index >= 15 is 0 Å². The first-order valence-electron chi connectivity index (χ1n) is 6.61. The molecule has 0 saturated carbocycles. The molecule has 2 aromatic rings. The van der Waals surface area contributed by atoms with Crippen LogP contribution in [-0.2, 0) is 0 Å². The molecule has 2 atom stereocenters. The topological polar surface area (TPSA) is 34.1 Å². The van der Waals surface area contributed by atoms with Gasteiger partial charge in [-0.2, -0.15) is 0 Å². The van der Waals surface area contributed by atoms with Crippen LogP contribution in [-0.4, -0.2) is 12.1 Å². The number of aromatic nitrogens is 1. The maximum absolute atomic E-state index is 14.0. The average Bonchev–Trinajstić information content (AvgIpc) is 2.47. The van der Waals surface area contributed by atoms with Gasteiger partial charge in [0.05, 0.1) is 7.11 Å². The number of hydrogen-bond acceptors (Lipinski definition) is 3. The Morgan fingerprint density at radius 3 is 2.60 bits per heavy atom. The van der Waals surface area contributed by atoms with Crippen molar-refractivity contribution < 1.29 is 9.13 Å². The van der Waals surface area contributed by atoms with E-state index in [4.69, 9.17) is 4.74 Å². The molecule has 0 aliphatic rings. The lowest BCUT2D eigenvalue weighted by molar-refractivity contribution is 0.408. The summed E-state index contributed by atoms with van der Waals surface area (Å²) in [6, 6.07) is 8.82. The normalized spacial score (nSPS) is 13.8. The van der Waals surface area contributed by atoms with E-state index in [9.17, 15) is 4.39 Å². The first-order valence-corrected chi connectivity index (χ1v) is 6.61. The fraction of sp³-hybridized carbons (Fsp3) is 0.312. The van der Waals surface area contributed by atoms with Crippen molar-refractivity contribution in [2.75, 3.05) is 7.11 Å². The third-order valence-electron chi connectivity index (χ3n) is 3.36. The molecule has 4 heteroatoms. The SMILES string of the molecule is COc1ccc(C(C)N[C@@H](C)c2cccnc2)c(F)c1. The maximum Gasteiger partial charge on any atom is 0.131 e. The van der Waals surface area contributed by atoms with Crippen LogP contribution in [0.1, 0.15) is 37.1 Å². The van der Waals surface area contributed by atoms with E-state index in [0.717, 1.165) is 5.56 Å². The summed E-state index contributed by atoms with van der Waals surface area (Å²) in [6.07, 6.45) is 3.55. The molecule has 3 nitrogen and oxygen atoms in total. The van der Waals surface area contributed by atoms with Gasteiger partial charge in [-0.15, -0.1) is 0 Å². The maximum atomic E-state index is 14.0. The molecule has 0 fully saturated rings. The van der Waals surface area contributed by atoms with Crippen LogP contribution in [0.5, 0.6) is 5.75 Å². The van der Waals surface area contributed by atoms with Crippen LogP contribution in [0.4, 0.5) is 4.39 Å². The lowest BCUT2D eigenvalue weighted by atomic mass is 10.0. The fourth-order valence-electron chi connectivity index (χ4n) is 2.18. The van der Waals surface area contributed by atoms with Gasteiger partial charge in [0.15, 0.2) is 0 Å². The Kier molecular flexibility index (Phi) is 4.69. The second-order valence-electron chi connectivity index (χ2n) is 4.78. The van der Waals surface area contributed by atoms with Gasteiger partial charge in [-0.1, -0.05) is 12.1 Å². The smallest absolute Gasteiger partial charge is 0.131 e. The predicted molar refractivity (Wildman–Crippen MR) is 77.2 cm³/mol. The number of nitrogens with one attached hydrogen (secondary N) is 1.